The molecule has 38 heavy (non-hydrogen) atoms. The first-order chi connectivity index (χ1) is 17.8. The van der Waals surface area contributed by atoms with Gasteiger partial charge in [-0.25, -0.2) is 9.78 Å². The molecule has 0 spiro atoms. The largest absolute Gasteiger partial charge is 0.446 e. The van der Waals surface area contributed by atoms with Gasteiger partial charge < -0.3 is 15.4 Å². The fourth-order valence-electron chi connectivity index (χ4n) is 5.12. The second kappa shape index (κ2) is 10.9. The van der Waals surface area contributed by atoms with Crippen LogP contribution in [0, 0.1) is 5.92 Å². The van der Waals surface area contributed by atoms with Crippen molar-refractivity contribution in [2.75, 3.05) is 12.3 Å². The molecule has 1 amide bonds. The van der Waals surface area contributed by atoms with E-state index >= 15 is 0 Å². The number of carbonyl (C=O) groups excluding carboxylic acids is 1. The fourth-order valence-corrected chi connectivity index (χ4v) is 5.12. The zero-order valence-electron chi connectivity index (χ0n) is 20.4. The maximum absolute atomic E-state index is 13.4. The van der Waals surface area contributed by atoms with E-state index in [0.29, 0.717) is 5.56 Å². The van der Waals surface area contributed by atoms with E-state index in [4.69, 9.17) is 10.5 Å². The lowest BCUT2D eigenvalue weighted by atomic mass is 9.87. The van der Waals surface area contributed by atoms with Crippen molar-refractivity contribution in [2.24, 2.45) is 5.92 Å². The lowest BCUT2D eigenvalue weighted by molar-refractivity contribution is -0.186. The highest BCUT2D eigenvalue weighted by Crippen LogP contribution is 2.38. The number of rotatable bonds is 5. The topological polar surface area (TPSA) is 90.5 Å². The van der Waals surface area contributed by atoms with Gasteiger partial charge in [-0.3, -0.25) is 9.36 Å². The summed E-state index contributed by atoms with van der Waals surface area (Å²) >= 11 is 0. The Morgan fingerprint density at radius 3 is 2.34 bits per heavy atom. The number of alkyl halides is 6. The molecule has 2 aromatic rings. The number of nitrogen functional groups attached to an aromatic ring is 1. The van der Waals surface area contributed by atoms with Crippen LogP contribution in [0.5, 0.6) is 0 Å². The zero-order chi connectivity index (χ0) is 27.7. The highest BCUT2D eigenvalue weighted by Gasteiger charge is 2.42. The number of anilines is 1. The van der Waals surface area contributed by atoms with Gasteiger partial charge in [0.25, 0.3) is 5.56 Å². The molecule has 2 N–H and O–H groups in total. The van der Waals surface area contributed by atoms with E-state index in [1.807, 2.05) is 0 Å². The molecule has 1 aliphatic heterocycles. The minimum atomic E-state index is -4.43. The maximum atomic E-state index is 13.4. The van der Waals surface area contributed by atoms with Crippen molar-refractivity contribution >= 4 is 12.0 Å². The molecule has 1 aromatic carbocycles. The third-order valence-electron chi connectivity index (χ3n) is 7.15. The Balaban J connectivity index is 1.50. The summed E-state index contributed by atoms with van der Waals surface area (Å²) in [5, 5.41) is 0. The van der Waals surface area contributed by atoms with Crippen LogP contribution in [0.1, 0.15) is 61.4 Å². The Morgan fingerprint density at radius 1 is 1.08 bits per heavy atom. The molecule has 0 bridgehead atoms. The number of aromatic nitrogens is 2. The van der Waals surface area contributed by atoms with Crippen LogP contribution in [-0.4, -0.2) is 45.5 Å². The number of carbonyl (C=O) groups is 1. The molecule has 2 heterocycles. The molecular weight excluding hydrogens is 518 g/mol. The molecule has 0 radical (unpaired) electrons. The first kappa shape index (κ1) is 27.8. The SMILES string of the molecule is Nc1nc2c(c(=O)n1C(CCC(F)(F)F)c1ccccc1)CCN(C(=O)O[C@H]1CC[C@@H](C(F)(F)F)CC1)C2. The average molecular weight is 547 g/mol. The Bertz CT molecular complexity index is 1190. The average Bonchev–Trinajstić information content (AvgIpc) is 2.85. The molecule has 0 saturated heterocycles. The van der Waals surface area contributed by atoms with Crippen molar-refractivity contribution in [1.82, 2.24) is 14.5 Å². The van der Waals surface area contributed by atoms with E-state index in [-0.39, 0.29) is 62.4 Å². The van der Waals surface area contributed by atoms with Gasteiger partial charge >= 0.3 is 18.4 Å². The van der Waals surface area contributed by atoms with Gasteiger partial charge in [-0.1, -0.05) is 30.3 Å². The fraction of sp³-hybridized carbons (Fsp3) is 0.560. The van der Waals surface area contributed by atoms with E-state index in [0.717, 1.165) is 4.57 Å². The predicted octanol–water partition coefficient (Wildman–Crippen LogP) is 5.37. The summed E-state index contributed by atoms with van der Waals surface area (Å²) in [6.07, 6.45) is -11.5. The van der Waals surface area contributed by atoms with Crippen molar-refractivity contribution in [3.8, 4) is 0 Å². The third-order valence-corrected chi connectivity index (χ3v) is 7.15. The van der Waals surface area contributed by atoms with Crippen LogP contribution in [-0.2, 0) is 17.7 Å². The number of hydrogen-bond acceptors (Lipinski definition) is 5. The molecule has 2 aliphatic rings. The van der Waals surface area contributed by atoms with Crippen molar-refractivity contribution < 1.29 is 35.9 Å². The molecule has 7 nitrogen and oxygen atoms in total. The monoisotopic (exact) mass is 546 g/mol. The number of amides is 1. The number of halogens is 6. The van der Waals surface area contributed by atoms with E-state index in [2.05, 4.69) is 4.98 Å². The second-order valence-corrected chi connectivity index (χ2v) is 9.72. The Labute approximate surface area is 214 Å². The Hall–Kier alpha value is -3.25. The van der Waals surface area contributed by atoms with Gasteiger partial charge in [0.1, 0.15) is 6.10 Å². The Kier molecular flexibility index (Phi) is 7.93. The van der Waals surface area contributed by atoms with Gasteiger partial charge in [0.2, 0.25) is 5.95 Å². The van der Waals surface area contributed by atoms with E-state index in [1.54, 1.807) is 30.3 Å². The van der Waals surface area contributed by atoms with Gasteiger partial charge in [0.05, 0.1) is 24.2 Å². The molecule has 1 unspecified atom stereocenters. The molecule has 1 aromatic heterocycles. The highest BCUT2D eigenvalue weighted by atomic mass is 19.4. The summed E-state index contributed by atoms with van der Waals surface area (Å²) in [6.45, 7) is -0.0198. The highest BCUT2D eigenvalue weighted by molar-refractivity contribution is 5.68. The van der Waals surface area contributed by atoms with Crippen LogP contribution in [0.2, 0.25) is 0 Å². The summed E-state index contributed by atoms with van der Waals surface area (Å²) in [4.78, 5) is 31.7. The first-order valence-corrected chi connectivity index (χ1v) is 12.4. The summed E-state index contributed by atoms with van der Waals surface area (Å²) in [5.74, 6) is -1.67. The lowest BCUT2D eigenvalue weighted by Gasteiger charge is -2.33. The van der Waals surface area contributed by atoms with Crippen LogP contribution in [0.3, 0.4) is 0 Å². The van der Waals surface area contributed by atoms with Crippen LogP contribution < -0.4 is 11.3 Å². The maximum Gasteiger partial charge on any atom is 0.410 e. The van der Waals surface area contributed by atoms with Gasteiger partial charge in [0.15, 0.2) is 0 Å². The Morgan fingerprint density at radius 2 is 1.74 bits per heavy atom. The molecule has 1 atom stereocenters. The molecule has 1 fully saturated rings. The minimum Gasteiger partial charge on any atom is -0.446 e. The molecule has 1 aliphatic carbocycles. The standard InChI is InChI=1S/C25H28F6N4O3/c26-24(27,28)12-10-20(15-4-2-1-3-5-15)35-21(36)18-11-13-34(14-19(18)33-22(35)32)23(37)38-17-8-6-16(7-9-17)25(29,30)31/h1-5,16-17,20H,6-14H2,(H2,32,33)/t16-,17+,20?. The van der Waals surface area contributed by atoms with E-state index in [9.17, 15) is 35.9 Å². The van der Waals surface area contributed by atoms with Crippen LogP contribution >= 0.6 is 0 Å². The van der Waals surface area contributed by atoms with Gasteiger partial charge in [-0.05, 0) is 44.1 Å². The van der Waals surface area contributed by atoms with Gasteiger partial charge in [0, 0.05) is 18.5 Å². The normalized spacial score (nSPS) is 21.1. The number of hydrogen-bond donors (Lipinski definition) is 1. The first-order valence-electron chi connectivity index (χ1n) is 12.4. The summed E-state index contributed by atoms with van der Waals surface area (Å²) in [5.41, 5.74) is 6.47. The van der Waals surface area contributed by atoms with Crippen molar-refractivity contribution in [2.45, 2.75) is 76.0 Å². The number of benzene rings is 1. The number of ether oxygens (including phenoxy) is 1. The van der Waals surface area contributed by atoms with Gasteiger partial charge in [-0.2, -0.15) is 26.3 Å². The number of fused-ring (bicyclic) bond motifs is 1. The van der Waals surface area contributed by atoms with Crippen molar-refractivity contribution in [3.05, 3.63) is 57.5 Å². The van der Waals surface area contributed by atoms with Crippen molar-refractivity contribution in [1.29, 1.82) is 0 Å². The summed E-state index contributed by atoms with van der Waals surface area (Å²) in [6, 6.07) is 7.26. The predicted molar refractivity (Wildman–Crippen MR) is 125 cm³/mol. The summed E-state index contributed by atoms with van der Waals surface area (Å²) < 4.78 is 84.3. The number of nitrogens with two attached hydrogens (primary N) is 1. The van der Waals surface area contributed by atoms with E-state index in [1.165, 1.54) is 4.90 Å². The molecule has 13 heteroatoms. The van der Waals surface area contributed by atoms with Crippen LogP contribution in [0.15, 0.2) is 35.1 Å². The summed E-state index contributed by atoms with van der Waals surface area (Å²) in [7, 11) is 0. The van der Waals surface area contributed by atoms with Crippen LogP contribution in [0.4, 0.5) is 37.1 Å². The van der Waals surface area contributed by atoms with Crippen LogP contribution in [0.25, 0.3) is 0 Å². The molecule has 208 valence electrons. The molecular formula is C25H28F6N4O3. The minimum absolute atomic E-state index is 0.0815. The number of nitrogens with zero attached hydrogens (tertiary/aromatic N) is 3. The lowest BCUT2D eigenvalue weighted by Crippen LogP contribution is -2.43. The molecule has 1 saturated carbocycles. The van der Waals surface area contributed by atoms with E-state index < -0.39 is 54.9 Å². The smallest absolute Gasteiger partial charge is 0.410 e. The van der Waals surface area contributed by atoms with Crippen molar-refractivity contribution in [3.63, 3.8) is 0 Å². The second-order valence-electron chi connectivity index (χ2n) is 9.72. The third kappa shape index (κ3) is 6.41. The van der Waals surface area contributed by atoms with Gasteiger partial charge in [-0.15, -0.1) is 0 Å². The quantitative estimate of drug-likeness (QED) is 0.509. The zero-order valence-corrected chi connectivity index (χ0v) is 20.4. The molecule has 4 rings (SSSR count).